The maximum atomic E-state index is 10.8. The third-order valence-electron chi connectivity index (χ3n) is 1.90. The molecule has 0 saturated carbocycles. The van der Waals surface area contributed by atoms with Crippen LogP contribution in [0.4, 0.5) is 0 Å². The molecule has 1 rings (SSSR count). The number of aromatic carboxylic acids is 1. The zero-order valence-corrected chi connectivity index (χ0v) is 8.16. The minimum atomic E-state index is -1.03. The molecule has 1 atom stereocenters. The summed E-state index contributed by atoms with van der Waals surface area (Å²) in [6, 6.07) is 3.97. The van der Waals surface area contributed by atoms with Gasteiger partial charge in [-0.2, -0.15) is 0 Å². The lowest BCUT2D eigenvalue weighted by molar-refractivity contribution is 0.0695. The smallest absolute Gasteiger partial charge is 0.336 e. The quantitative estimate of drug-likeness (QED) is 0.700. The molecule has 1 aromatic carbocycles. The highest BCUT2D eigenvalue weighted by Crippen LogP contribution is 2.20. The van der Waals surface area contributed by atoms with Gasteiger partial charge in [-0.05, 0) is 23.8 Å². The Morgan fingerprint density at radius 2 is 2.21 bits per heavy atom. The van der Waals surface area contributed by atoms with Crippen molar-refractivity contribution in [2.75, 3.05) is 6.54 Å². The van der Waals surface area contributed by atoms with E-state index in [0.29, 0.717) is 10.6 Å². The molecule has 0 aliphatic rings. The molecule has 0 aliphatic carbocycles. The van der Waals surface area contributed by atoms with Crippen molar-refractivity contribution < 1.29 is 9.90 Å². The Kier molecular flexibility index (Phi) is 3.46. The van der Waals surface area contributed by atoms with Gasteiger partial charge in [-0.3, -0.25) is 0 Å². The number of hydrogen-bond acceptors (Lipinski definition) is 3. The van der Waals surface area contributed by atoms with Gasteiger partial charge in [0.15, 0.2) is 0 Å². The van der Waals surface area contributed by atoms with E-state index in [1.54, 1.807) is 0 Å². The van der Waals surface area contributed by atoms with Crippen molar-refractivity contribution in [3.8, 4) is 0 Å². The van der Waals surface area contributed by atoms with E-state index in [2.05, 4.69) is 0 Å². The average Bonchev–Trinajstić information content (AvgIpc) is 2.16. The second kappa shape index (κ2) is 4.41. The molecule has 0 aromatic heterocycles. The molecule has 0 amide bonds. The standard InChI is InChI=1S/C9H11ClN2O2/c10-5-1-2-6(9(13)14)7(3-5)8(12)4-11/h1-3,8H,4,11-12H2,(H,13,14)/t8-/m1/s1. The first-order chi connectivity index (χ1) is 6.56. The van der Waals surface area contributed by atoms with Crippen LogP contribution in [0.1, 0.15) is 22.0 Å². The molecule has 76 valence electrons. The molecule has 5 heteroatoms. The van der Waals surface area contributed by atoms with E-state index in [1.807, 2.05) is 0 Å². The highest BCUT2D eigenvalue weighted by Gasteiger charge is 2.14. The van der Waals surface area contributed by atoms with Crippen molar-refractivity contribution in [1.29, 1.82) is 0 Å². The van der Waals surface area contributed by atoms with Crippen LogP contribution in [0.15, 0.2) is 18.2 Å². The summed E-state index contributed by atoms with van der Waals surface area (Å²) >= 11 is 5.73. The molecular weight excluding hydrogens is 204 g/mol. The van der Waals surface area contributed by atoms with Gasteiger partial charge in [0.05, 0.1) is 5.56 Å². The van der Waals surface area contributed by atoms with Crippen molar-refractivity contribution in [1.82, 2.24) is 0 Å². The van der Waals surface area contributed by atoms with E-state index in [-0.39, 0.29) is 12.1 Å². The van der Waals surface area contributed by atoms with Gasteiger partial charge in [-0.25, -0.2) is 4.79 Å². The van der Waals surface area contributed by atoms with Crippen LogP contribution in [-0.4, -0.2) is 17.6 Å². The van der Waals surface area contributed by atoms with Gasteiger partial charge in [0.2, 0.25) is 0 Å². The van der Waals surface area contributed by atoms with E-state index in [9.17, 15) is 4.79 Å². The molecule has 0 radical (unpaired) electrons. The summed E-state index contributed by atoms with van der Waals surface area (Å²) in [5.74, 6) is -1.03. The third-order valence-corrected chi connectivity index (χ3v) is 2.13. The molecule has 0 fully saturated rings. The summed E-state index contributed by atoms with van der Waals surface area (Å²) in [7, 11) is 0. The lowest BCUT2D eigenvalue weighted by Crippen LogP contribution is -2.23. The molecule has 0 bridgehead atoms. The van der Waals surface area contributed by atoms with Crippen molar-refractivity contribution in [3.63, 3.8) is 0 Å². The zero-order chi connectivity index (χ0) is 10.7. The van der Waals surface area contributed by atoms with Crippen molar-refractivity contribution in [2.24, 2.45) is 11.5 Å². The van der Waals surface area contributed by atoms with Gasteiger partial charge in [-0.1, -0.05) is 11.6 Å². The Labute approximate surface area is 86.5 Å². The number of hydrogen-bond donors (Lipinski definition) is 3. The van der Waals surface area contributed by atoms with Crippen LogP contribution in [0, 0.1) is 0 Å². The van der Waals surface area contributed by atoms with Gasteiger partial charge in [0, 0.05) is 17.6 Å². The summed E-state index contributed by atoms with van der Waals surface area (Å²) in [6.45, 7) is 0.181. The number of benzene rings is 1. The summed E-state index contributed by atoms with van der Waals surface area (Å²) < 4.78 is 0. The Hall–Kier alpha value is -1.10. The Balaban J connectivity index is 3.22. The van der Waals surface area contributed by atoms with Gasteiger partial charge in [0.25, 0.3) is 0 Å². The highest BCUT2D eigenvalue weighted by atomic mass is 35.5. The molecule has 1 aromatic rings. The van der Waals surface area contributed by atoms with Crippen LogP contribution >= 0.6 is 11.6 Å². The SMILES string of the molecule is NC[C@@H](N)c1cc(Cl)ccc1C(=O)O. The number of carboxylic acids is 1. The fourth-order valence-corrected chi connectivity index (χ4v) is 1.34. The minimum Gasteiger partial charge on any atom is -0.478 e. The topological polar surface area (TPSA) is 89.3 Å². The van der Waals surface area contributed by atoms with Gasteiger partial charge >= 0.3 is 5.97 Å². The predicted molar refractivity (Wildman–Crippen MR) is 54.4 cm³/mol. The number of carbonyl (C=O) groups is 1. The van der Waals surface area contributed by atoms with Crippen molar-refractivity contribution in [2.45, 2.75) is 6.04 Å². The predicted octanol–water partition coefficient (Wildman–Crippen LogP) is 0.997. The highest BCUT2D eigenvalue weighted by molar-refractivity contribution is 6.30. The Morgan fingerprint density at radius 1 is 1.57 bits per heavy atom. The number of nitrogens with two attached hydrogens (primary N) is 2. The Morgan fingerprint density at radius 3 is 2.71 bits per heavy atom. The zero-order valence-electron chi connectivity index (χ0n) is 7.40. The fraction of sp³-hybridized carbons (Fsp3) is 0.222. The number of rotatable bonds is 3. The monoisotopic (exact) mass is 214 g/mol. The van der Waals surface area contributed by atoms with E-state index in [4.69, 9.17) is 28.2 Å². The molecule has 5 N–H and O–H groups in total. The van der Waals surface area contributed by atoms with E-state index < -0.39 is 12.0 Å². The maximum absolute atomic E-state index is 10.8. The number of carboxylic acid groups (broad SMARTS) is 1. The summed E-state index contributed by atoms with van der Waals surface area (Å²) in [4.78, 5) is 10.8. The maximum Gasteiger partial charge on any atom is 0.336 e. The Bertz CT molecular complexity index is 355. The third kappa shape index (κ3) is 2.23. The van der Waals surface area contributed by atoms with Crippen LogP contribution < -0.4 is 11.5 Å². The first-order valence-electron chi connectivity index (χ1n) is 4.04. The lowest BCUT2D eigenvalue weighted by atomic mass is 10.0. The van der Waals surface area contributed by atoms with Crippen LogP contribution in [0.5, 0.6) is 0 Å². The second-order valence-electron chi connectivity index (χ2n) is 2.88. The first kappa shape index (κ1) is 11.0. The summed E-state index contributed by atoms with van der Waals surface area (Å²) in [5, 5.41) is 9.31. The van der Waals surface area contributed by atoms with Gasteiger partial charge < -0.3 is 16.6 Å². The molecule has 0 heterocycles. The molecule has 4 nitrogen and oxygen atoms in total. The van der Waals surface area contributed by atoms with Gasteiger partial charge in [0.1, 0.15) is 0 Å². The molecule has 0 unspecified atom stereocenters. The first-order valence-corrected chi connectivity index (χ1v) is 4.42. The van der Waals surface area contributed by atoms with E-state index in [0.717, 1.165) is 0 Å². The molecule has 0 saturated heterocycles. The molecular formula is C9H11ClN2O2. The van der Waals surface area contributed by atoms with Crippen molar-refractivity contribution in [3.05, 3.63) is 34.3 Å². The second-order valence-corrected chi connectivity index (χ2v) is 3.32. The summed E-state index contributed by atoms with van der Waals surface area (Å²) in [5.41, 5.74) is 11.6. The van der Waals surface area contributed by atoms with Crippen LogP contribution in [0.3, 0.4) is 0 Å². The lowest BCUT2D eigenvalue weighted by Gasteiger charge is -2.12. The molecule has 0 aliphatic heterocycles. The van der Waals surface area contributed by atoms with Crippen molar-refractivity contribution >= 4 is 17.6 Å². The molecule has 0 spiro atoms. The number of halogens is 1. The average molecular weight is 215 g/mol. The molecule has 14 heavy (non-hydrogen) atoms. The minimum absolute atomic E-state index is 0.146. The van der Waals surface area contributed by atoms with E-state index >= 15 is 0 Å². The van der Waals surface area contributed by atoms with Crippen LogP contribution in [-0.2, 0) is 0 Å². The summed E-state index contributed by atoms with van der Waals surface area (Å²) in [6.07, 6.45) is 0. The largest absolute Gasteiger partial charge is 0.478 e. The van der Waals surface area contributed by atoms with Crippen LogP contribution in [0.2, 0.25) is 5.02 Å². The normalized spacial score (nSPS) is 12.5. The van der Waals surface area contributed by atoms with Gasteiger partial charge in [-0.15, -0.1) is 0 Å². The van der Waals surface area contributed by atoms with E-state index in [1.165, 1.54) is 18.2 Å². The fourth-order valence-electron chi connectivity index (χ4n) is 1.16. The van der Waals surface area contributed by atoms with Crippen LogP contribution in [0.25, 0.3) is 0 Å².